The minimum absolute atomic E-state index is 0.0126. The summed E-state index contributed by atoms with van der Waals surface area (Å²) in [6, 6.07) is 36.2. The largest absolute Gasteiger partial charge is 0.497 e. The Morgan fingerprint density at radius 1 is 0.929 bits per heavy atom. The van der Waals surface area contributed by atoms with Gasteiger partial charge in [0.1, 0.15) is 41.6 Å². The number of fused-ring (bicyclic) bond motifs is 1. The number of amides is 2. The van der Waals surface area contributed by atoms with E-state index in [1.54, 1.807) is 38.3 Å². The summed E-state index contributed by atoms with van der Waals surface area (Å²) >= 11 is 8.68. The van der Waals surface area contributed by atoms with Crippen LogP contribution in [0.15, 0.2) is 132 Å². The van der Waals surface area contributed by atoms with Crippen LogP contribution in [0.5, 0.6) is 5.75 Å². The first kappa shape index (κ1) is 38.6. The smallest absolute Gasteiger partial charge is 0.355 e. The first-order chi connectivity index (χ1) is 27.4. The van der Waals surface area contributed by atoms with Gasteiger partial charge in [-0.2, -0.15) is 9.36 Å². The lowest BCUT2D eigenvalue weighted by molar-refractivity contribution is -0.153. The number of halogens is 1. The van der Waals surface area contributed by atoms with Gasteiger partial charge in [-0.1, -0.05) is 108 Å². The number of esters is 1. The molecule has 4 aromatic carbocycles. The predicted octanol–water partition coefficient (Wildman–Crippen LogP) is 6.33. The Kier molecular flexibility index (Phi) is 12.0. The molecule has 1 saturated heterocycles. The van der Waals surface area contributed by atoms with E-state index in [0.29, 0.717) is 22.2 Å². The van der Waals surface area contributed by atoms with E-state index in [-0.39, 0.29) is 36.3 Å². The van der Waals surface area contributed by atoms with Gasteiger partial charge in [0.25, 0.3) is 11.8 Å². The Morgan fingerprint density at radius 3 is 2.09 bits per heavy atom. The number of nitrogens with zero attached hydrogens (tertiary/aromatic N) is 4. The average Bonchev–Trinajstić information content (AvgIpc) is 3.72. The molecule has 1 fully saturated rings. The van der Waals surface area contributed by atoms with Crippen molar-refractivity contribution in [1.29, 1.82) is 0 Å². The maximum absolute atomic E-state index is 13.9. The van der Waals surface area contributed by atoms with E-state index >= 15 is 0 Å². The number of hydrogen-bond donors (Lipinski definition) is 2. The fraction of sp³-hybridized carbons (Fsp3) is 0.220. The van der Waals surface area contributed by atoms with Crippen LogP contribution in [0.25, 0.3) is 0 Å². The van der Waals surface area contributed by atoms with Gasteiger partial charge in [-0.25, -0.2) is 4.79 Å². The molecule has 7 rings (SSSR count). The minimum atomic E-state index is -0.973. The highest BCUT2D eigenvalue weighted by Crippen LogP contribution is 2.42. The molecule has 1 aromatic heterocycles. The normalized spacial score (nSPS) is 16.7. The number of β-lactam (4-membered cyclic amide) rings is 1. The number of nitrogens with one attached hydrogen (secondary N) is 2. The number of carbonyl (C=O) groups is 3. The predicted molar refractivity (Wildman–Crippen MR) is 216 cm³/mol. The van der Waals surface area contributed by atoms with Crippen molar-refractivity contribution in [2.24, 2.45) is 5.16 Å². The molecule has 286 valence electrons. The zero-order valence-corrected chi connectivity index (χ0v) is 32.8. The lowest BCUT2D eigenvalue weighted by Gasteiger charge is -2.49. The van der Waals surface area contributed by atoms with Crippen LogP contribution in [-0.4, -0.2) is 74.5 Å². The highest BCUT2D eigenvalue weighted by atomic mass is 35.5. The number of alkyl halides is 1. The molecule has 2 aliphatic rings. The highest BCUT2D eigenvalue weighted by Gasteiger charge is 2.54. The maximum Gasteiger partial charge on any atom is 0.355 e. The molecule has 0 bridgehead atoms. The van der Waals surface area contributed by atoms with E-state index in [4.69, 9.17) is 30.9 Å². The summed E-state index contributed by atoms with van der Waals surface area (Å²) in [7, 11) is 1.57. The third-order valence-electron chi connectivity index (χ3n) is 9.27. The second-order valence-corrected chi connectivity index (χ2v) is 14.7. The lowest BCUT2D eigenvalue weighted by Crippen LogP contribution is -2.71. The van der Waals surface area contributed by atoms with E-state index in [9.17, 15) is 14.4 Å². The molecule has 2 N–H and O–H groups in total. The van der Waals surface area contributed by atoms with Crippen molar-refractivity contribution >= 4 is 63.5 Å². The highest BCUT2D eigenvalue weighted by molar-refractivity contribution is 8.00. The summed E-state index contributed by atoms with van der Waals surface area (Å²) in [5.74, 6) is -0.792. The second-order valence-electron chi connectivity index (χ2n) is 12.6. The molecule has 0 unspecified atom stereocenters. The van der Waals surface area contributed by atoms with Gasteiger partial charge in [0.15, 0.2) is 0 Å². The molecule has 0 saturated carbocycles. The fourth-order valence-electron chi connectivity index (χ4n) is 6.55. The molecule has 56 heavy (non-hydrogen) atoms. The standard InChI is InChI=1S/C41H37ClN6O6S2/c1-3-54-46-32(35-44-40(56-47-35)45-41(28-13-7-4-8-14-28,29-15-9-5-10-16-29)30-17-11-6-12-18-30)36(49)43-33-37(50)48-34(27(23-42)25-55-38(33)48)39(51)53-24-26-19-21-31(52-2)22-20-26/h4-22,33,38H,3,23-25H2,1-2H3,(H,43,49)(H,44,45,47)/b46-32-/t33-,38-/m1/s1. The molecule has 5 aromatic rings. The first-order valence-corrected chi connectivity index (χ1v) is 20.1. The molecule has 0 aliphatic carbocycles. The van der Waals surface area contributed by atoms with Crippen molar-refractivity contribution in [3.05, 3.63) is 155 Å². The van der Waals surface area contributed by atoms with Crippen molar-refractivity contribution < 1.29 is 28.7 Å². The number of oxime groups is 1. The summed E-state index contributed by atoms with van der Waals surface area (Å²) in [6.07, 6.45) is 0. The molecule has 3 heterocycles. The van der Waals surface area contributed by atoms with Crippen LogP contribution in [-0.2, 0) is 36.1 Å². The van der Waals surface area contributed by atoms with Crippen LogP contribution in [0.4, 0.5) is 5.13 Å². The second kappa shape index (κ2) is 17.4. The Labute approximate surface area is 337 Å². The number of thioether (sulfide) groups is 1. The summed E-state index contributed by atoms with van der Waals surface area (Å²) in [6.45, 7) is 1.89. The zero-order chi connectivity index (χ0) is 39.1. The minimum Gasteiger partial charge on any atom is -0.497 e. The monoisotopic (exact) mass is 808 g/mol. The van der Waals surface area contributed by atoms with Crippen LogP contribution < -0.4 is 15.4 Å². The van der Waals surface area contributed by atoms with Crippen LogP contribution >= 0.6 is 34.9 Å². The van der Waals surface area contributed by atoms with Crippen LogP contribution in [0, 0.1) is 0 Å². The van der Waals surface area contributed by atoms with E-state index in [2.05, 4.69) is 20.2 Å². The zero-order valence-electron chi connectivity index (χ0n) is 30.4. The van der Waals surface area contributed by atoms with Crippen molar-refractivity contribution in [1.82, 2.24) is 19.6 Å². The summed E-state index contributed by atoms with van der Waals surface area (Å²) in [5, 5.41) is 10.4. The number of hydrogen-bond acceptors (Lipinski definition) is 12. The first-order valence-electron chi connectivity index (χ1n) is 17.7. The number of aromatic nitrogens is 2. The topological polar surface area (TPSA) is 144 Å². The number of ether oxygens (including phenoxy) is 2. The third-order valence-corrected chi connectivity index (χ3v) is 11.6. The molecule has 2 aliphatic heterocycles. The molecule has 2 amide bonds. The van der Waals surface area contributed by atoms with Gasteiger partial charge >= 0.3 is 5.97 Å². The fourth-order valence-corrected chi connectivity index (χ4v) is 8.85. The van der Waals surface area contributed by atoms with E-state index in [1.807, 2.05) is 91.0 Å². The maximum atomic E-state index is 13.9. The van der Waals surface area contributed by atoms with Gasteiger partial charge in [-0.15, -0.1) is 23.4 Å². The molecule has 12 nitrogen and oxygen atoms in total. The number of anilines is 1. The van der Waals surface area contributed by atoms with Crippen LogP contribution in [0.1, 0.15) is 35.0 Å². The summed E-state index contributed by atoms with van der Waals surface area (Å²) in [5.41, 5.74) is 3.19. The van der Waals surface area contributed by atoms with E-state index in [0.717, 1.165) is 33.8 Å². The molecular weight excluding hydrogens is 772 g/mol. The van der Waals surface area contributed by atoms with Crippen molar-refractivity contribution in [3.8, 4) is 5.75 Å². The Bertz CT molecular complexity index is 2140. The summed E-state index contributed by atoms with van der Waals surface area (Å²) < 4.78 is 15.3. The number of methoxy groups -OCH3 is 1. The van der Waals surface area contributed by atoms with Gasteiger partial charge in [0.2, 0.25) is 16.7 Å². The Hall–Kier alpha value is -5.70. The lowest BCUT2D eigenvalue weighted by atomic mass is 9.77. The van der Waals surface area contributed by atoms with Gasteiger partial charge < -0.3 is 24.9 Å². The van der Waals surface area contributed by atoms with Gasteiger partial charge in [0, 0.05) is 23.2 Å². The molecule has 15 heteroatoms. The van der Waals surface area contributed by atoms with E-state index in [1.165, 1.54) is 16.7 Å². The van der Waals surface area contributed by atoms with Crippen molar-refractivity contribution in [3.63, 3.8) is 0 Å². The Morgan fingerprint density at radius 2 is 1.54 bits per heavy atom. The van der Waals surface area contributed by atoms with Crippen LogP contribution in [0.3, 0.4) is 0 Å². The SMILES string of the molecule is CCO/N=C(\C(=O)N[C@@H]1C(=O)N2C(C(=O)OCc3ccc(OC)cc3)=C(CCl)CS[C@H]12)c1nsc(NC(c2ccccc2)(c2ccccc2)c2ccccc2)n1. The summed E-state index contributed by atoms with van der Waals surface area (Å²) in [4.78, 5) is 52.5. The molecule has 0 radical (unpaired) electrons. The Balaban J connectivity index is 1.11. The van der Waals surface area contributed by atoms with Gasteiger partial charge in [-0.05, 0) is 46.9 Å². The van der Waals surface area contributed by atoms with Gasteiger partial charge in [-0.3, -0.25) is 14.5 Å². The average molecular weight is 809 g/mol. The van der Waals surface area contributed by atoms with Crippen LogP contribution in [0.2, 0.25) is 0 Å². The van der Waals surface area contributed by atoms with Crippen molar-refractivity contribution in [2.75, 3.05) is 30.7 Å². The van der Waals surface area contributed by atoms with Gasteiger partial charge in [0.05, 0.1) is 7.11 Å². The molecule has 0 spiro atoms. The van der Waals surface area contributed by atoms with E-state index < -0.39 is 34.7 Å². The van der Waals surface area contributed by atoms with Crippen molar-refractivity contribution in [2.45, 2.75) is 30.5 Å². The number of carbonyl (C=O) groups excluding carboxylic acids is 3. The molecular formula is C41H37ClN6O6S2. The third kappa shape index (κ3) is 7.72. The number of benzene rings is 4. The quantitative estimate of drug-likeness (QED) is 0.0308. The number of rotatable bonds is 15. The molecule has 2 atom stereocenters.